The Kier molecular flexibility index (Phi) is 4.10. The summed E-state index contributed by atoms with van der Waals surface area (Å²) in [6.45, 7) is 4.69. The molecule has 5 heteroatoms. The predicted octanol–water partition coefficient (Wildman–Crippen LogP) is 1.99. The summed E-state index contributed by atoms with van der Waals surface area (Å²) >= 11 is 0. The summed E-state index contributed by atoms with van der Waals surface area (Å²) in [6.07, 6.45) is 6.99. The Hall–Kier alpha value is -1.62. The normalized spacial score (nSPS) is 21.3. The quantitative estimate of drug-likeness (QED) is 0.851. The van der Waals surface area contributed by atoms with Crippen molar-refractivity contribution in [2.45, 2.75) is 38.6 Å². The molecule has 0 fully saturated rings. The van der Waals surface area contributed by atoms with Crippen LogP contribution in [0.5, 0.6) is 0 Å². The number of allylic oxidation sites excluding steroid dienone is 1. The zero-order valence-corrected chi connectivity index (χ0v) is 12.8. The van der Waals surface area contributed by atoms with E-state index in [0.717, 1.165) is 37.1 Å². The number of ether oxygens (including phenoxy) is 1. The molecule has 2 heterocycles. The molecule has 0 spiro atoms. The molecule has 0 bridgehead atoms. The molecule has 5 nitrogen and oxygen atoms in total. The minimum Gasteiger partial charge on any atom is -0.381 e. The molecule has 1 aliphatic carbocycles. The third-order valence-corrected chi connectivity index (χ3v) is 4.36. The van der Waals surface area contributed by atoms with E-state index < -0.39 is 0 Å². The third-order valence-electron chi connectivity index (χ3n) is 4.36. The molecule has 0 saturated carbocycles. The fourth-order valence-electron chi connectivity index (χ4n) is 3.35. The lowest BCUT2D eigenvalue weighted by Crippen LogP contribution is -2.40. The minimum atomic E-state index is 0.185. The summed E-state index contributed by atoms with van der Waals surface area (Å²) in [5, 5.41) is 0. The van der Waals surface area contributed by atoms with Crippen molar-refractivity contribution in [1.29, 1.82) is 0 Å². The number of fused-ring (bicyclic) bond motifs is 1. The van der Waals surface area contributed by atoms with Crippen molar-refractivity contribution in [3.05, 3.63) is 29.4 Å². The lowest BCUT2D eigenvalue weighted by atomic mass is 9.98. The maximum Gasteiger partial charge on any atom is 0.249 e. The van der Waals surface area contributed by atoms with Gasteiger partial charge in [-0.2, -0.15) is 0 Å². The molecule has 0 saturated heterocycles. The molecule has 0 aromatic carbocycles. The highest BCUT2D eigenvalue weighted by Gasteiger charge is 2.32. The van der Waals surface area contributed by atoms with Crippen LogP contribution in [-0.4, -0.2) is 40.1 Å². The summed E-state index contributed by atoms with van der Waals surface area (Å²) in [5.74, 6) is 0.400. The zero-order chi connectivity index (χ0) is 14.8. The van der Waals surface area contributed by atoms with Crippen molar-refractivity contribution in [2.24, 2.45) is 7.05 Å². The molecule has 0 N–H and O–H groups in total. The van der Waals surface area contributed by atoms with Crippen LogP contribution in [0.2, 0.25) is 0 Å². The van der Waals surface area contributed by atoms with Crippen molar-refractivity contribution >= 4 is 5.91 Å². The van der Waals surface area contributed by atoms with Gasteiger partial charge in [-0.05, 0) is 26.2 Å². The monoisotopic (exact) mass is 289 g/mol. The van der Waals surface area contributed by atoms with E-state index in [2.05, 4.69) is 15.6 Å². The topological polar surface area (TPSA) is 47.4 Å². The van der Waals surface area contributed by atoms with Gasteiger partial charge in [-0.15, -0.1) is 0 Å². The summed E-state index contributed by atoms with van der Waals surface area (Å²) in [7, 11) is 2.02. The molecule has 21 heavy (non-hydrogen) atoms. The van der Waals surface area contributed by atoms with E-state index in [0.29, 0.717) is 19.8 Å². The molecule has 1 amide bonds. The summed E-state index contributed by atoms with van der Waals surface area (Å²) in [5.41, 5.74) is 3.21. The van der Waals surface area contributed by atoms with Gasteiger partial charge in [0.1, 0.15) is 0 Å². The van der Waals surface area contributed by atoms with Crippen molar-refractivity contribution in [2.75, 3.05) is 19.8 Å². The van der Waals surface area contributed by atoms with Crippen molar-refractivity contribution in [3.63, 3.8) is 0 Å². The van der Waals surface area contributed by atoms with E-state index in [4.69, 9.17) is 4.74 Å². The number of hydrogen-bond donors (Lipinski definition) is 0. The molecule has 1 aromatic heterocycles. The van der Waals surface area contributed by atoms with Crippen molar-refractivity contribution < 1.29 is 9.53 Å². The fourth-order valence-corrected chi connectivity index (χ4v) is 3.35. The van der Waals surface area contributed by atoms with Crippen LogP contribution < -0.4 is 0 Å². The van der Waals surface area contributed by atoms with Crippen LogP contribution in [0.4, 0.5) is 0 Å². The number of carbonyl (C=O) groups is 1. The summed E-state index contributed by atoms with van der Waals surface area (Å²) < 4.78 is 7.68. The minimum absolute atomic E-state index is 0.185. The molecular formula is C16H23N3O2. The van der Waals surface area contributed by atoms with Crippen LogP contribution in [0.1, 0.15) is 43.5 Å². The first-order valence-corrected chi connectivity index (χ1v) is 7.76. The number of rotatable bonds is 4. The average Bonchev–Trinajstić information content (AvgIpc) is 3.14. The van der Waals surface area contributed by atoms with E-state index in [1.54, 1.807) is 0 Å². The van der Waals surface area contributed by atoms with Gasteiger partial charge in [-0.25, -0.2) is 4.98 Å². The highest BCUT2D eigenvalue weighted by molar-refractivity contribution is 5.94. The molecular weight excluding hydrogens is 266 g/mol. The Labute approximate surface area is 125 Å². The Morgan fingerprint density at radius 3 is 3.10 bits per heavy atom. The second kappa shape index (κ2) is 6.02. The van der Waals surface area contributed by atoms with E-state index in [1.165, 1.54) is 5.69 Å². The molecule has 1 aromatic rings. The molecule has 1 atom stereocenters. The van der Waals surface area contributed by atoms with Crippen molar-refractivity contribution in [3.8, 4) is 0 Å². The smallest absolute Gasteiger partial charge is 0.249 e. The number of amides is 1. The first-order chi connectivity index (χ1) is 10.2. The molecule has 2 aliphatic rings. The molecule has 1 unspecified atom stereocenters. The van der Waals surface area contributed by atoms with Gasteiger partial charge < -0.3 is 14.2 Å². The van der Waals surface area contributed by atoms with Crippen LogP contribution in [0.3, 0.4) is 0 Å². The zero-order valence-electron chi connectivity index (χ0n) is 12.8. The van der Waals surface area contributed by atoms with Crippen LogP contribution in [0.15, 0.2) is 18.0 Å². The van der Waals surface area contributed by atoms with Crippen LogP contribution in [-0.2, 0) is 23.1 Å². The van der Waals surface area contributed by atoms with Crippen molar-refractivity contribution in [1.82, 2.24) is 14.5 Å². The van der Waals surface area contributed by atoms with E-state index in [1.807, 2.05) is 25.2 Å². The lowest BCUT2D eigenvalue weighted by Gasteiger charge is -2.33. The Balaban J connectivity index is 1.81. The van der Waals surface area contributed by atoms with Gasteiger partial charge in [-0.3, -0.25) is 4.79 Å². The standard InChI is InChI=1S/C16H23N3O2/c1-3-21-10-13-8-19(16(20)12-6-4-5-7-12)9-14-15(13)18(2)11-17-14/h6,11,13H,3-5,7-10H2,1-2H3. The first-order valence-electron chi connectivity index (χ1n) is 7.76. The molecule has 1 aliphatic heterocycles. The van der Waals surface area contributed by atoms with Gasteiger partial charge in [0.15, 0.2) is 0 Å². The highest BCUT2D eigenvalue weighted by atomic mass is 16.5. The SMILES string of the molecule is CCOCC1CN(C(=O)C2=CCCC2)Cc2ncn(C)c21. The molecule has 0 radical (unpaired) electrons. The Bertz CT molecular complexity index is 562. The summed E-state index contributed by atoms with van der Waals surface area (Å²) in [4.78, 5) is 19.0. The third kappa shape index (κ3) is 2.75. The van der Waals surface area contributed by atoms with Crippen LogP contribution in [0, 0.1) is 0 Å². The largest absolute Gasteiger partial charge is 0.381 e. The van der Waals surface area contributed by atoms with Gasteiger partial charge in [0.25, 0.3) is 0 Å². The second-order valence-corrected chi connectivity index (χ2v) is 5.85. The number of aryl methyl sites for hydroxylation is 1. The Morgan fingerprint density at radius 1 is 1.52 bits per heavy atom. The Morgan fingerprint density at radius 2 is 2.38 bits per heavy atom. The van der Waals surface area contributed by atoms with E-state index >= 15 is 0 Å². The van der Waals surface area contributed by atoms with Gasteiger partial charge in [0, 0.05) is 37.4 Å². The number of imidazole rings is 1. The number of aromatic nitrogens is 2. The number of nitrogens with zero attached hydrogens (tertiary/aromatic N) is 3. The van der Waals surface area contributed by atoms with Gasteiger partial charge >= 0.3 is 0 Å². The van der Waals surface area contributed by atoms with Crippen LogP contribution in [0.25, 0.3) is 0 Å². The second-order valence-electron chi connectivity index (χ2n) is 5.85. The number of hydrogen-bond acceptors (Lipinski definition) is 3. The van der Waals surface area contributed by atoms with Gasteiger partial charge in [-0.1, -0.05) is 6.08 Å². The fraction of sp³-hybridized carbons (Fsp3) is 0.625. The predicted molar refractivity (Wildman–Crippen MR) is 79.8 cm³/mol. The maximum atomic E-state index is 12.6. The van der Waals surface area contributed by atoms with Crippen LogP contribution >= 0.6 is 0 Å². The maximum absolute atomic E-state index is 12.6. The lowest BCUT2D eigenvalue weighted by molar-refractivity contribution is -0.128. The van der Waals surface area contributed by atoms with Gasteiger partial charge in [0.2, 0.25) is 5.91 Å². The average molecular weight is 289 g/mol. The van der Waals surface area contributed by atoms with E-state index in [-0.39, 0.29) is 11.8 Å². The highest BCUT2D eigenvalue weighted by Crippen LogP contribution is 2.30. The number of carbonyl (C=O) groups excluding carboxylic acids is 1. The summed E-state index contributed by atoms with van der Waals surface area (Å²) in [6, 6.07) is 0. The molecule has 3 rings (SSSR count). The first kappa shape index (κ1) is 14.3. The van der Waals surface area contributed by atoms with E-state index in [9.17, 15) is 4.79 Å². The van der Waals surface area contributed by atoms with Gasteiger partial charge in [0.05, 0.1) is 25.2 Å². The molecule has 114 valence electrons.